The van der Waals surface area contributed by atoms with E-state index in [-0.39, 0.29) is 18.1 Å². The van der Waals surface area contributed by atoms with Gasteiger partial charge >= 0.3 is 0 Å². The van der Waals surface area contributed by atoms with E-state index in [4.69, 9.17) is 21.1 Å². The maximum Gasteiger partial charge on any atom is 0.294 e. The fourth-order valence-electron chi connectivity index (χ4n) is 4.30. The van der Waals surface area contributed by atoms with Crippen LogP contribution in [0.4, 0.5) is 10.5 Å². The van der Waals surface area contributed by atoms with E-state index in [2.05, 4.69) is 5.32 Å². The second-order valence-electron chi connectivity index (χ2n) is 8.87. The third-order valence-electron chi connectivity index (χ3n) is 6.11. The zero-order chi connectivity index (χ0) is 28.1. The molecule has 0 radical (unpaired) electrons. The van der Waals surface area contributed by atoms with Gasteiger partial charge in [0, 0.05) is 5.69 Å². The summed E-state index contributed by atoms with van der Waals surface area (Å²) in [6, 6.07) is 26.3. The Bertz CT molecular complexity index is 1620. The van der Waals surface area contributed by atoms with Crippen LogP contribution in [-0.4, -0.2) is 35.1 Å². The number of carbonyl (C=O) groups is 3. The van der Waals surface area contributed by atoms with Gasteiger partial charge in [0.2, 0.25) is 5.91 Å². The van der Waals surface area contributed by atoms with E-state index in [0.29, 0.717) is 34.4 Å². The summed E-state index contributed by atoms with van der Waals surface area (Å²) >= 11 is 7.39. The number of thioether (sulfide) groups is 1. The number of anilines is 1. The molecule has 1 saturated heterocycles. The van der Waals surface area contributed by atoms with Crippen molar-refractivity contribution in [1.29, 1.82) is 0 Å². The lowest BCUT2D eigenvalue weighted by Gasteiger charge is -2.15. The van der Waals surface area contributed by atoms with Gasteiger partial charge in [-0.3, -0.25) is 19.3 Å². The van der Waals surface area contributed by atoms with Crippen molar-refractivity contribution in [3.8, 4) is 11.5 Å². The molecule has 0 saturated carbocycles. The number of carbonyl (C=O) groups excluding carboxylic acids is 3. The molecule has 3 amide bonds. The molecule has 1 fully saturated rings. The fourth-order valence-corrected chi connectivity index (χ4v) is 5.41. The third-order valence-corrected chi connectivity index (χ3v) is 7.30. The Hall–Kier alpha value is -4.27. The molecule has 0 bridgehead atoms. The zero-order valence-electron chi connectivity index (χ0n) is 21.6. The maximum atomic E-state index is 13.0. The number of hydrogen-bond donors (Lipinski definition) is 1. The summed E-state index contributed by atoms with van der Waals surface area (Å²) < 4.78 is 11.9. The first kappa shape index (κ1) is 27.3. The van der Waals surface area contributed by atoms with Crippen molar-refractivity contribution in [2.75, 3.05) is 18.5 Å². The number of para-hydroxylation sites is 1. The first-order valence-corrected chi connectivity index (χ1v) is 13.8. The monoisotopic (exact) mass is 572 g/mol. The lowest BCUT2D eigenvalue weighted by molar-refractivity contribution is -0.127. The van der Waals surface area contributed by atoms with Crippen LogP contribution in [-0.2, 0) is 16.2 Å². The highest BCUT2D eigenvalue weighted by atomic mass is 35.5. The molecule has 0 aromatic heterocycles. The predicted molar refractivity (Wildman–Crippen MR) is 159 cm³/mol. The first-order valence-electron chi connectivity index (χ1n) is 12.6. The second-order valence-corrected chi connectivity index (χ2v) is 10.3. The highest BCUT2D eigenvalue weighted by Gasteiger charge is 2.36. The van der Waals surface area contributed by atoms with Crippen molar-refractivity contribution in [1.82, 2.24) is 4.90 Å². The number of benzene rings is 4. The Morgan fingerprint density at radius 1 is 0.975 bits per heavy atom. The van der Waals surface area contributed by atoms with E-state index in [1.165, 1.54) is 0 Å². The molecule has 1 heterocycles. The maximum absolute atomic E-state index is 13.0. The largest absolute Gasteiger partial charge is 0.490 e. The number of rotatable bonds is 9. The molecule has 202 valence electrons. The standard InChI is InChI=1S/C31H25ClN2O5S/c1-2-38-26-16-20(15-25(32)29(26)39-19-22-11-8-10-21-9-6-7-14-24(21)22)17-27-30(36)34(31(37)40-27)18-28(35)33-23-12-4-3-5-13-23/h3-17H,2,18-19H2,1H3,(H,33,35)/b27-17-. The van der Waals surface area contributed by atoms with Gasteiger partial charge in [-0.05, 0) is 70.9 Å². The molecule has 40 heavy (non-hydrogen) atoms. The quantitative estimate of drug-likeness (QED) is 0.214. The zero-order valence-corrected chi connectivity index (χ0v) is 23.1. The van der Waals surface area contributed by atoms with E-state index < -0.39 is 17.1 Å². The van der Waals surface area contributed by atoms with E-state index in [1.807, 2.05) is 55.5 Å². The molecule has 0 spiro atoms. The number of hydrogen-bond acceptors (Lipinski definition) is 6. The van der Waals surface area contributed by atoms with Crippen LogP contribution in [0.5, 0.6) is 11.5 Å². The number of halogens is 1. The van der Waals surface area contributed by atoms with Crippen molar-refractivity contribution in [2.24, 2.45) is 0 Å². The lowest BCUT2D eigenvalue weighted by Crippen LogP contribution is -2.36. The van der Waals surface area contributed by atoms with E-state index in [9.17, 15) is 14.4 Å². The Morgan fingerprint density at radius 2 is 1.73 bits per heavy atom. The minimum atomic E-state index is -0.552. The van der Waals surface area contributed by atoms with Crippen LogP contribution >= 0.6 is 23.4 Å². The van der Waals surface area contributed by atoms with Crippen molar-refractivity contribution in [3.05, 3.63) is 106 Å². The summed E-state index contributed by atoms with van der Waals surface area (Å²) in [6.45, 7) is 2.12. The highest BCUT2D eigenvalue weighted by molar-refractivity contribution is 8.18. The summed E-state index contributed by atoms with van der Waals surface area (Å²) in [5, 5.41) is 4.66. The van der Waals surface area contributed by atoms with Crippen LogP contribution in [0, 0.1) is 0 Å². The first-order chi connectivity index (χ1) is 19.4. The van der Waals surface area contributed by atoms with Crippen LogP contribution in [0.2, 0.25) is 5.02 Å². The Labute approximate surface area is 240 Å². The number of imide groups is 1. The van der Waals surface area contributed by atoms with Crippen molar-refractivity contribution >= 4 is 63.0 Å². The van der Waals surface area contributed by atoms with Gasteiger partial charge in [0.1, 0.15) is 13.2 Å². The molecule has 4 aromatic carbocycles. The molecule has 0 unspecified atom stereocenters. The second kappa shape index (κ2) is 12.3. The van der Waals surface area contributed by atoms with Crippen LogP contribution < -0.4 is 14.8 Å². The van der Waals surface area contributed by atoms with Gasteiger partial charge in [0.25, 0.3) is 11.1 Å². The van der Waals surface area contributed by atoms with Crippen LogP contribution in [0.1, 0.15) is 18.1 Å². The molecule has 1 aliphatic heterocycles. The molecule has 7 nitrogen and oxygen atoms in total. The number of amides is 3. The van der Waals surface area contributed by atoms with E-state index >= 15 is 0 Å². The van der Waals surface area contributed by atoms with Gasteiger partial charge in [0.05, 0.1) is 16.5 Å². The molecule has 5 rings (SSSR count). The summed E-state index contributed by atoms with van der Waals surface area (Å²) in [5.41, 5.74) is 2.15. The molecular formula is C31H25ClN2O5S. The van der Waals surface area contributed by atoms with Crippen LogP contribution in [0.25, 0.3) is 16.8 Å². The SMILES string of the molecule is CCOc1cc(/C=C2\SC(=O)N(CC(=O)Nc3ccccc3)C2=O)cc(Cl)c1OCc1cccc2ccccc12. The Morgan fingerprint density at radius 3 is 2.52 bits per heavy atom. The van der Waals surface area contributed by atoms with E-state index in [0.717, 1.165) is 33.0 Å². The summed E-state index contributed by atoms with van der Waals surface area (Å²) in [6.07, 6.45) is 1.56. The van der Waals surface area contributed by atoms with Crippen molar-refractivity contribution in [2.45, 2.75) is 13.5 Å². The summed E-state index contributed by atoms with van der Waals surface area (Å²) in [5.74, 6) is -0.213. The number of nitrogens with zero attached hydrogens (tertiary/aromatic N) is 1. The number of nitrogens with one attached hydrogen (secondary N) is 1. The molecule has 0 aliphatic carbocycles. The average Bonchev–Trinajstić information content (AvgIpc) is 3.20. The van der Waals surface area contributed by atoms with Gasteiger partial charge in [-0.2, -0.15) is 0 Å². The van der Waals surface area contributed by atoms with Crippen LogP contribution in [0.3, 0.4) is 0 Å². The molecule has 9 heteroatoms. The van der Waals surface area contributed by atoms with Crippen molar-refractivity contribution in [3.63, 3.8) is 0 Å². The Balaban J connectivity index is 1.33. The van der Waals surface area contributed by atoms with Gasteiger partial charge in [0.15, 0.2) is 11.5 Å². The normalized spacial score (nSPS) is 14.2. The number of fused-ring (bicyclic) bond motifs is 1. The van der Waals surface area contributed by atoms with Crippen molar-refractivity contribution < 1.29 is 23.9 Å². The minimum Gasteiger partial charge on any atom is -0.490 e. The molecule has 1 aliphatic rings. The smallest absolute Gasteiger partial charge is 0.294 e. The van der Waals surface area contributed by atoms with Crippen LogP contribution in [0.15, 0.2) is 89.8 Å². The molecule has 1 N–H and O–H groups in total. The summed E-state index contributed by atoms with van der Waals surface area (Å²) in [4.78, 5) is 39.1. The molecule has 4 aromatic rings. The Kier molecular flexibility index (Phi) is 8.38. The average molecular weight is 573 g/mol. The van der Waals surface area contributed by atoms with Gasteiger partial charge in [-0.1, -0.05) is 72.3 Å². The van der Waals surface area contributed by atoms with Gasteiger partial charge < -0.3 is 14.8 Å². The third kappa shape index (κ3) is 6.14. The van der Waals surface area contributed by atoms with Gasteiger partial charge in [-0.25, -0.2) is 0 Å². The lowest BCUT2D eigenvalue weighted by atomic mass is 10.1. The predicted octanol–water partition coefficient (Wildman–Crippen LogP) is 7.15. The summed E-state index contributed by atoms with van der Waals surface area (Å²) in [7, 11) is 0. The fraction of sp³-hybridized carbons (Fsp3) is 0.129. The molecule has 0 atom stereocenters. The molecular weight excluding hydrogens is 548 g/mol. The minimum absolute atomic E-state index is 0.181. The topological polar surface area (TPSA) is 84.9 Å². The highest BCUT2D eigenvalue weighted by Crippen LogP contribution is 2.40. The number of ether oxygens (including phenoxy) is 2. The van der Waals surface area contributed by atoms with Gasteiger partial charge in [-0.15, -0.1) is 0 Å². The van der Waals surface area contributed by atoms with E-state index in [1.54, 1.807) is 42.5 Å².